The molecule has 2 aromatic rings. The number of carbonyl (C=O) groups is 2. The number of fused-ring (bicyclic) bond motifs is 1. The van der Waals surface area contributed by atoms with E-state index in [1.54, 1.807) is 30.3 Å². The summed E-state index contributed by atoms with van der Waals surface area (Å²) in [6.45, 7) is 0. The molecule has 0 aromatic heterocycles. The van der Waals surface area contributed by atoms with Gasteiger partial charge in [0, 0.05) is 0 Å². The molecule has 0 heterocycles. The maximum absolute atomic E-state index is 12.2. The molecule has 4 nitrogen and oxygen atoms in total. The highest BCUT2D eigenvalue weighted by molar-refractivity contribution is 5.89. The Labute approximate surface area is 117 Å². The van der Waals surface area contributed by atoms with E-state index in [0.29, 0.717) is 5.39 Å². The third kappa shape index (κ3) is 3.31. The second-order valence-corrected chi connectivity index (χ2v) is 4.35. The number of halogens is 3. The minimum absolute atomic E-state index is 0.0683. The van der Waals surface area contributed by atoms with Crippen LogP contribution >= 0.6 is 0 Å². The van der Waals surface area contributed by atoms with Gasteiger partial charge in [-0.05, 0) is 22.4 Å². The summed E-state index contributed by atoms with van der Waals surface area (Å²) in [5, 5.41) is 12.0. The Morgan fingerprint density at radius 1 is 1.05 bits per heavy atom. The van der Waals surface area contributed by atoms with E-state index in [2.05, 4.69) is 0 Å². The van der Waals surface area contributed by atoms with E-state index >= 15 is 0 Å². The summed E-state index contributed by atoms with van der Waals surface area (Å²) in [6, 6.07) is 9.61. The van der Waals surface area contributed by atoms with Crippen LogP contribution in [0.4, 0.5) is 13.2 Å². The first-order valence-electron chi connectivity index (χ1n) is 5.88. The molecule has 110 valence electrons. The van der Waals surface area contributed by atoms with Gasteiger partial charge in [-0.1, -0.05) is 36.4 Å². The number of nitrogens with one attached hydrogen (secondary N) is 1. The summed E-state index contributed by atoms with van der Waals surface area (Å²) < 4.78 is 36.7. The number of benzene rings is 2. The first kappa shape index (κ1) is 14.8. The number of aliphatic carboxylic acids is 1. The van der Waals surface area contributed by atoms with Crippen molar-refractivity contribution < 1.29 is 27.9 Å². The fraction of sp³-hybridized carbons (Fsp3) is 0.143. The van der Waals surface area contributed by atoms with E-state index in [4.69, 9.17) is 5.11 Å². The van der Waals surface area contributed by atoms with Gasteiger partial charge in [-0.15, -0.1) is 0 Å². The van der Waals surface area contributed by atoms with Crippen LogP contribution in [0.5, 0.6) is 0 Å². The maximum Gasteiger partial charge on any atom is 0.471 e. The van der Waals surface area contributed by atoms with Crippen molar-refractivity contribution in [3.05, 3.63) is 48.0 Å². The van der Waals surface area contributed by atoms with Crippen molar-refractivity contribution in [1.29, 1.82) is 0 Å². The van der Waals surface area contributed by atoms with Crippen molar-refractivity contribution in [2.24, 2.45) is 0 Å². The SMILES string of the molecule is O=C(O)C(NC(=O)C(F)(F)F)c1ccc2ccccc2c1. The van der Waals surface area contributed by atoms with Gasteiger partial charge in [-0.3, -0.25) is 4.79 Å². The van der Waals surface area contributed by atoms with Gasteiger partial charge in [0.25, 0.3) is 0 Å². The quantitative estimate of drug-likeness (QED) is 0.915. The number of carboxylic acid groups (broad SMARTS) is 1. The fourth-order valence-corrected chi connectivity index (χ4v) is 1.89. The Balaban J connectivity index is 2.36. The maximum atomic E-state index is 12.2. The molecule has 0 saturated carbocycles. The number of hydrogen-bond donors (Lipinski definition) is 2. The van der Waals surface area contributed by atoms with Gasteiger partial charge in [0.1, 0.15) is 0 Å². The lowest BCUT2D eigenvalue weighted by Crippen LogP contribution is -2.41. The molecule has 21 heavy (non-hydrogen) atoms. The zero-order valence-electron chi connectivity index (χ0n) is 10.5. The Morgan fingerprint density at radius 2 is 1.67 bits per heavy atom. The van der Waals surface area contributed by atoms with Crippen LogP contribution in [-0.4, -0.2) is 23.2 Å². The van der Waals surface area contributed by atoms with Crippen LogP contribution in [0.15, 0.2) is 42.5 Å². The highest BCUT2D eigenvalue weighted by atomic mass is 19.4. The van der Waals surface area contributed by atoms with E-state index in [1.165, 1.54) is 17.4 Å². The predicted molar refractivity (Wildman–Crippen MR) is 68.5 cm³/mol. The Hall–Kier alpha value is -2.57. The van der Waals surface area contributed by atoms with E-state index in [9.17, 15) is 22.8 Å². The van der Waals surface area contributed by atoms with Gasteiger partial charge < -0.3 is 10.4 Å². The molecular formula is C14H10F3NO3. The smallest absolute Gasteiger partial charge is 0.471 e. The van der Waals surface area contributed by atoms with Crippen molar-refractivity contribution in [2.45, 2.75) is 12.2 Å². The molecular weight excluding hydrogens is 287 g/mol. The molecule has 2 N–H and O–H groups in total. The molecule has 0 spiro atoms. The van der Waals surface area contributed by atoms with E-state index in [1.807, 2.05) is 0 Å². The molecule has 7 heteroatoms. The van der Waals surface area contributed by atoms with E-state index < -0.39 is 24.1 Å². The summed E-state index contributed by atoms with van der Waals surface area (Å²) in [6.07, 6.45) is -5.13. The lowest BCUT2D eigenvalue weighted by Gasteiger charge is -2.16. The topological polar surface area (TPSA) is 66.4 Å². The first-order valence-corrected chi connectivity index (χ1v) is 5.88. The lowest BCUT2D eigenvalue weighted by molar-refractivity contribution is -0.175. The number of alkyl halides is 3. The normalized spacial score (nSPS) is 12.9. The van der Waals surface area contributed by atoms with Crippen LogP contribution in [0.25, 0.3) is 10.8 Å². The molecule has 0 fully saturated rings. The number of rotatable bonds is 3. The van der Waals surface area contributed by atoms with Crippen molar-refractivity contribution in [3.8, 4) is 0 Å². The second kappa shape index (κ2) is 5.43. The second-order valence-electron chi connectivity index (χ2n) is 4.35. The van der Waals surface area contributed by atoms with Gasteiger partial charge in [0.15, 0.2) is 6.04 Å². The van der Waals surface area contributed by atoms with Gasteiger partial charge in [-0.2, -0.15) is 13.2 Å². The third-order valence-electron chi connectivity index (χ3n) is 2.89. The standard InChI is InChI=1S/C14H10F3NO3/c15-14(16,17)13(21)18-11(12(19)20)10-6-5-8-3-1-2-4-9(8)7-10/h1-7,11H,(H,18,21)(H,19,20). The number of amides is 1. The van der Waals surface area contributed by atoms with Crippen LogP contribution in [0.2, 0.25) is 0 Å². The number of carbonyl (C=O) groups excluding carboxylic acids is 1. The molecule has 0 aliphatic carbocycles. The summed E-state index contributed by atoms with van der Waals surface area (Å²) in [5.41, 5.74) is 0.0683. The average Bonchev–Trinajstić information content (AvgIpc) is 2.42. The lowest BCUT2D eigenvalue weighted by atomic mass is 10.0. The summed E-state index contributed by atoms with van der Waals surface area (Å²) >= 11 is 0. The van der Waals surface area contributed by atoms with Crippen molar-refractivity contribution in [3.63, 3.8) is 0 Å². The van der Waals surface area contributed by atoms with Gasteiger partial charge in [0.2, 0.25) is 0 Å². The third-order valence-corrected chi connectivity index (χ3v) is 2.89. The minimum atomic E-state index is -5.13. The van der Waals surface area contributed by atoms with Crippen molar-refractivity contribution >= 4 is 22.6 Å². The Kier molecular flexibility index (Phi) is 3.84. The van der Waals surface area contributed by atoms with Crippen LogP contribution in [0.3, 0.4) is 0 Å². The summed E-state index contributed by atoms with van der Waals surface area (Å²) in [4.78, 5) is 22.0. The van der Waals surface area contributed by atoms with Crippen LogP contribution in [0, 0.1) is 0 Å². The van der Waals surface area contributed by atoms with E-state index in [0.717, 1.165) is 5.39 Å². The Bertz CT molecular complexity index is 697. The Morgan fingerprint density at radius 3 is 2.24 bits per heavy atom. The van der Waals surface area contributed by atoms with Gasteiger partial charge in [0.05, 0.1) is 0 Å². The molecule has 2 rings (SSSR count). The molecule has 0 bridgehead atoms. The van der Waals surface area contributed by atoms with Crippen LogP contribution < -0.4 is 5.32 Å². The first-order chi connectivity index (χ1) is 9.79. The molecule has 1 amide bonds. The molecule has 2 aromatic carbocycles. The summed E-state index contributed by atoms with van der Waals surface area (Å²) in [5.74, 6) is -3.86. The zero-order valence-corrected chi connectivity index (χ0v) is 10.5. The minimum Gasteiger partial charge on any atom is -0.479 e. The fourth-order valence-electron chi connectivity index (χ4n) is 1.89. The zero-order chi connectivity index (χ0) is 15.6. The number of hydrogen-bond acceptors (Lipinski definition) is 2. The van der Waals surface area contributed by atoms with Crippen LogP contribution in [0.1, 0.15) is 11.6 Å². The van der Waals surface area contributed by atoms with Gasteiger partial charge in [-0.25, -0.2) is 4.79 Å². The van der Waals surface area contributed by atoms with Crippen LogP contribution in [-0.2, 0) is 9.59 Å². The number of carboxylic acids is 1. The predicted octanol–water partition coefficient (Wildman–Crippen LogP) is 2.64. The highest BCUT2D eigenvalue weighted by Gasteiger charge is 2.41. The highest BCUT2D eigenvalue weighted by Crippen LogP contribution is 2.23. The molecule has 0 radical (unpaired) electrons. The van der Waals surface area contributed by atoms with Gasteiger partial charge >= 0.3 is 18.1 Å². The molecule has 1 unspecified atom stereocenters. The average molecular weight is 297 g/mol. The monoisotopic (exact) mass is 297 g/mol. The largest absolute Gasteiger partial charge is 0.479 e. The molecule has 0 saturated heterocycles. The molecule has 0 aliphatic rings. The molecule has 1 atom stereocenters. The summed E-state index contributed by atoms with van der Waals surface area (Å²) in [7, 11) is 0. The molecule has 0 aliphatic heterocycles. The van der Waals surface area contributed by atoms with Crippen molar-refractivity contribution in [1.82, 2.24) is 5.32 Å². The van der Waals surface area contributed by atoms with E-state index in [-0.39, 0.29) is 5.56 Å². The van der Waals surface area contributed by atoms with Crippen molar-refractivity contribution in [2.75, 3.05) is 0 Å².